The van der Waals surface area contributed by atoms with Crippen LogP contribution in [0.5, 0.6) is 0 Å². The van der Waals surface area contributed by atoms with Gasteiger partial charge in [0.1, 0.15) is 15.7 Å². The highest BCUT2D eigenvalue weighted by Gasteiger charge is 2.12. The van der Waals surface area contributed by atoms with Crippen LogP contribution in [0, 0.1) is 10.6 Å². The van der Waals surface area contributed by atoms with Gasteiger partial charge in [-0.05, 0) is 40.6 Å². The Morgan fingerprint density at radius 3 is 2.67 bits per heavy atom. The molecule has 2 rings (SSSR count). The Bertz CT molecular complexity index is 536. The molecule has 2 aromatic rings. The summed E-state index contributed by atoms with van der Waals surface area (Å²) in [5.74, 6) is 0.519. The summed E-state index contributed by atoms with van der Waals surface area (Å²) in [6.07, 6.45) is 1.49. The lowest BCUT2D eigenvalue weighted by Crippen LogP contribution is -2.20. The maximum Gasteiger partial charge on any atom is 0.151 e. The van der Waals surface area contributed by atoms with Crippen LogP contribution in [0.25, 0.3) is 0 Å². The van der Waals surface area contributed by atoms with Crippen LogP contribution >= 0.6 is 22.6 Å². The van der Waals surface area contributed by atoms with E-state index < -0.39 is 0 Å². The second-order valence-electron chi connectivity index (χ2n) is 4.18. The summed E-state index contributed by atoms with van der Waals surface area (Å²) in [4.78, 5) is 10.3. The Hall–Kier alpha value is -1.37. The van der Waals surface area contributed by atoms with Gasteiger partial charge in [-0.15, -0.1) is 0 Å². The van der Waals surface area contributed by atoms with Gasteiger partial charge in [0.05, 0.1) is 0 Å². The number of nitrogens with zero attached hydrogens (tertiary/aromatic N) is 3. The number of nitrogen functional groups attached to an aromatic ring is 1. The lowest BCUT2D eigenvalue weighted by molar-refractivity contribution is 0.898. The lowest BCUT2D eigenvalue weighted by Gasteiger charge is -2.22. The molecule has 0 atom stereocenters. The van der Waals surface area contributed by atoms with Gasteiger partial charge in [0.25, 0.3) is 0 Å². The van der Waals surface area contributed by atoms with Gasteiger partial charge in [-0.1, -0.05) is 24.3 Å². The van der Waals surface area contributed by atoms with Crippen LogP contribution in [-0.2, 0) is 6.54 Å². The molecule has 0 saturated heterocycles. The van der Waals surface area contributed by atoms with Crippen molar-refractivity contribution in [2.45, 2.75) is 13.5 Å². The Morgan fingerprint density at radius 2 is 2.00 bits per heavy atom. The highest BCUT2D eigenvalue weighted by molar-refractivity contribution is 14.1. The van der Waals surface area contributed by atoms with Crippen molar-refractivity contribution in [1.29, 1.82) is 0 Å². The topological polar surface area (TPSA) is 55.0 Å². The fourth-order valence-corrected chi connectivity index (χ4v) is 2.66. The first-order chi connectivity index (χ1) is 8.59. The van der Waals surface area contributed by atoms with E-state index in [1.807, 2.05) is 19.2 Å². The largest absolute Gasteiger partial charge is 0.382 e. The zero-order chi connectivity index (χ0) is 13.1. The minimum absolute atomic E-state index is 0.519. The van der Waals surface area contributed by atoms with Crippen LogP contribution < -0.4 is 10.6 Å². The molecule has 0 amide bonds. The smallest absolute Gasteiger partial charge is 0.151 e. The van der Waals surface area contributed by atoms with Gasteiger partial charge in [-0.3, -0.25) is 0 Å². The van der Waals surface area contributed by atoms with Gasteiger partial charge in [-0.2, -0.15) is 0 Å². The van der Waals surface area contributed by atoms with E-state index in [1.54, 1.807) is 0 Å². The maximum absolute atomic E-state index is 5.92. The zero-order valence-electron chi connectivity index (χ0n) is 10.4. The molecule has 18 heavy (non-hydrogen) atoms. The van der Waals surface area contributed by atoms with Crippen molar-refractivity contribution in [3.05, 3.63) is 45.4 Å². The third kappa shape index (κ3) is 2.72. The number of anilines is 2. The Kier molecular flexibility index (Phi) is 4.00. The van der Waals surface area contributed by atoms with Gasteiger partial charge in [-0.25, -0.2) is 9.97 Å². The van der Waals surface area contributed by atoms with Gasteiger partial charge >= 0.3 is 0 Å². The molecular formula is C13H15IN4. The van der Waals surface area contributed by atoms with E-state index in [4.69, 9.17) is 5.73 Å². The Labute approximate surface area is 120 Å². The SMILES string of the molecule is Cc1ccccc1CN(C)c1c(N)ncnc1I. The normalized spacial score (nSPS) is 10.4. The van der Waals surface area contributed by atoms with Gasteiger partial charge < -0.3 is 10.6 Å². The standard InChI is InChI=1S/C13H15IN4/c1-9-5-3-4-6-10(9)7-18(2)11-12(14)16-8-17-13(11)15/h3-6,8H,7H2,1-2H3,(H2,15,16,17). The number of hydrogen-bond acceptors (Lipinski definition) is 4. The molecule has 94 valence electrons. The van der Waals surface area contributed by atoms with Crippen LogP contribution in [0.3, 0.4) is 0 Å². The summed E-state index contributed by atoms with van der Waals surface area (Å²) in [5, 5.41) is 0. The first kappa shape index (κ1) is 13.1. The number of benzene rings is 1. The van der Waals surface area contributed by atoms with Gasteiger partial charge in [0, 0.05) is 13.6 Å². The molecule has 0 radical (unpaired) electrons. The predicted molar refractivity (Wildman–Crippen MR) is 82.4 cm³/mol. The summed E-state index contributed by atoms with van der Waals surface area (Å²) >= 11 is 2.18. The van der Waals surface area contributed by atoms with Crippen LogP contribution in [0.1, 0.15) is 11.1 Å². The predicted octanol–water partition coefficient (Wildman–Crippen LogP) is 2.61. The first-order valence-electron chi connectivity index (χ1n) is 5.61. The second-order valence-corrected chi connectivity index (χ2v) is 5.20. The average Bonchev–Trinajstić information content (AvgIpc) is 2.32. The summed E-state index contributed by atoms with van der Waals surface area (Å²) in [6.45, 7) is 2.90. The summed E-state index contributed by atoms with van der Waals surface area (Å²) < 4.78 is 0.871. The molecule has 0 aliphatic carbocycles. The Balaban J connectivity index is 2.28. The number of rotatable bonds is 3. The van der Waals surface area contributed by atoms with Crippen molar-refractivity contribution in [1.82, 2.24) is 9.97 Å². The van der Waals surface area contributed by atoms with Crippen molar-refractivity contribution in [2.75, 3.05) is 17.7 Å². The molecule has 0 aliphatic heterocycles. The third-order valence-corrected chi connectivity index (χ3v) is 3.65. The molecule has 5 heteroatoms. The fraction of sp³-hybridized carbons (Fsp3) is 0.231. The molecule has 0 aliphatic rings. The van der Waals surface area contributed by atoms with E-state index in [-0.39, 0.29) is 0 Å². The van der Waals surface area contributed by atoms with Crippen LogP contribution in [0.15, 0.2) is 30.6 Å². The number of aromatic nitrogens is 2. The fourth-order valence-electron chi connectivity index (χ4n) is 1.84. The Morgan fingerprint density at radius 1 is 1.28 bits per heavy atom. The van der Waals surface area contributed by atoms with E-state index in [0.717, 1.165) is 15.9 Å². The van der Waals surface area contributed by atoms with Crippen molar-refractivity contribution in [3.63, 3.8) is 0 Å². The molecule has 0 saturated carbocycles. The molecule has 1 aromatic heterocycles. The van der Waals surface area contributed by atoms with E-state index in [0.29, 0.717) is 5.82 Å². The van der Waals surface area contributed by atoms with Crippen molar-refractivity contribution in [3.8, 4) is 0 Å². The molecular weight excluding hydrogens is 339 g/mol. The van der Waals surface area contributed by atoms with Crippen molar-refractivity contribution in [2.24, 2.45) is 0 Å². The van der Waals surface area contributed by atoms with Crippen molar-refractivity contribution < 1.29 is 0 Å². The second kappa shape index (κ2) is 5.51. The van der Waals surface area contributed by atoms with Crippen molar-refractivity contribution >= 4 is 34.1 Å². The highest BCUT2D eigenvalue weighted by Crippen LogP contribution is 2.26. The number of halogens is 1. The van der Waals surface area contributed by atoms with Crippen LogP contribution in [0.4, 0.5) is 11.5 Å². The van der Waals surface area contributed by atoms with Gasteiger partial charge in [0.15, 0.2) is 5.82 Å². The lowest BCUT2D eigenvalue weighted by atomic mass is 10.1. The molecule has 0 fully saturated rings. The maximum atomic E-state index is 5.92. The molecule has 2 N–H and O–H groups in total. The zero-order valence-corrected chi connectivity index (χ0v) is 12.5. The van der Waals surface area contributed by atoms with E-state index >= 15 is 0 Å². The quantitative estimate of drug-likeness (QED) is 0.680. The molecule has 1 aromatic carbocycles. The summed E-state index contributed by atoms with van der Waals surface area (Å²) in [5.41, 5.74) is 9.36. The van der Waals surface area contributed by atoms with Crippen LogP contribution in [0.2, 0.25) is 0 Å². The monoisotopic (exact) mass is 354 g/mol. The highest BCUT2D eigenvalue weighted by atomic mass is 127. The van der Waals surface area contributed by atoms with E-state index in [1.165, 1.54) is 17.5 Å². The average molecular weight is 354 g/mol. The molecule has 4 nitrogen and oxygen atoms in total. The molecule has 0 spiro atoms. The number of hydrogen-bond donors (Lipinski definition) is 1. The van der Waals surface area contributed by atoms with Gasteiger partial charge in [0.2, 0.25) is 0 Å². The number of aryl methyl sites for hydroxylation is 1. The minimum atomic E-state index is 0.519. The van der Waals surface area contributed by atoms with E-state index in [9.17, 15) is 0 Å². The summed E-state index contributed by atoms with van der Waals surface area (Å²) in [7, 11) is 2.00. The van der Waals surface area contributed by atoms with E-state index in [2.05, 4.69) is 56.5 Å². The van der Waals surface area contributed by atoms with Crippen LogP contribution in [-0.4, -0.2) is 17.0 Å². The number of nitrogens with two attached hydrogens (primary N) is 1. The molecule has 1 heterocycles. The first-order valence-corrected chi connectivity index (χ1v) is 6.69. The third-order valence-electron chi connectivity index (χ3n) is 2.86. The minimum Gasteiger partial charge on any atom is -0.382 e. The molecule has 0 bridgehead atoms. The molecule has 0 unspecified atom stereocenters. The summed E-state index contributed by atoms with van der Waals surface area (Å²) in [6, 6.07) is 8.33.